The fourth-order valence-electron chi connectivity index (χ4n) is 1.46. The van der Waals surface area contributed by atoms with Crippen LogP contribution >= 0.6 is 0 Å². The lowest BCUT2D eigenvalue weighted by molar-refractivity contribution is -0.912. The minimum absolute atomic E-state index is 0.751. The van der Waals surface area contributed by atoms with Crippen LogP contribution in [0.25, 0.3) is 0 Å². The summed E-state index contributed by atoms with van der Waals surface area (Å²) in [5.74, 6) is 0. The Morgan fingerprint density at radius 2 is 1.67 bits per heavy atom. The molecule has 0 radical (unpaired) electrons. The minimum Gasteiger partial charge on any atom is -0.200 e. The summed E-state index contributed by atoms with van der Waals surface area (Å²) in [5.41, 5.74) is 2.32. The first-order chi connectivity index (χ1) is 7.11. The Bertz CT molecular complexity index is 324. The van der Waals surface area contributed by atoms with Gasteiger partial charge in [0.15, 0.2) is 0 Å². The number of hydrogen-bond donors (Lipinski definition) is 0. The molecule has 0 aliphatic carbocycles. The number of benzene rings is 1. The summed E-state index contributed by atoms with van der Waals surface area (Å²) in [7, 11) is 2.16. The molecule has 2 heteroatoms. The molecule has 0 saturated heterocycles. The standard InChI is InChI=1S/C13H21N2/c1-5-15(4,6-2)14-12(3)13-10-8-7-9-11-13/h7-11H,5-6H2,1-4H3/q+1/b14-12+. The Morgan fingerprint density at radius 1 is 1.13 bits per heavy atom. The third-order valence-electron chi connectivity index (χ3n) is 2.95. The van der Waals surface area contributed by atoms with E-state index < -0.39 is 0 Å². The van der Waals surface area contributed by atoms with Crippen molar-refractivity contribution in [3.63, 3.8) is 0 Å². The quantitative estimate of drug-likeness (QED) is 0.407. The predicted octanol–water partition coefficient (Wildman–Crippen LogP) is 2.90. The van der Waals surface area contributed by atoms with Gasteiger partial charge in [-0.2, -0.15) is 0 Å². The van der Waals surface area contributed by atoms with Gasteiger partial charge in [0.2, 0.25) is 0 Å². The van der Waals surface area contributed by atoms with E-state index in [1.807, 2.05) is 6.07 Å². The molecule has 0 unspecified atom stereocenters. The molecule has 0 amide bonds. The molecule has 82 valence electrons. The maximum atomic E-state index is 4.77. The SMILES string of the molecule is CC[N+](C)(CC)/N=C(\C)c1ccccc1. The summed E-state index contributed by atoms with van der Waals surface area (Å²) in [5, 5.41) is 4.77. The molecule has 0 aliphatic rings. The van der Waals surface area contributed by atoms with Gasteiger partial charge < -0.3 is 0 Å². The Labute approximate surface area is 92.8 Å². The second-order valence-corrected chi connectivity index (χ2v) is 4.02. The maximum Gasteiger partial charge on any atom is 0.100 e. The maximum absolute atomic E-state index is 4.77. The molecule has 1 aromatic rings. The number of quaternary nitrogens is 1. The van der Waals surface area contributed by atoms with Crippen molar-refractivity contribution in [1.82, 2.24) is 0 Å². The molecule has 0 heterocycles. The molecule has 0 aromatic heterocycles. The average Bonchev–Trinajstić information content (AvgIpc) is 2.30. The van der Waals surface area contributed by atoms with Gasteiger partial charge in [0.1, 0.15) is 13.1 Å². The number of rotatable bonds is 4. The van der Waals surface area contributed by atoms with Crippen molar-refractivity contribution >= 4 is 5.71 Å². The Balaban J connectivity index is 2.93. The van der Waals surface area contributed by atoms with Gasteiger partial charge in [-0.3, -0.25) is 0 Å². The average molecular weight is 205 g/mol. The molecule has 1 aromatic carbocycles. The zero-order chi connectivity index (χ0) is 11.3. The van der Waals surface area contributed by atoms with E-state index in [4.69, 9.17) is 5.10 Å². The molecule has 0 fully saturated rings. The van der Waals surface area contributed by atoms with E-state index >= 15 is 0 Å². The summed E-state index contributed by atoms with van der Waals surface area (Å²) >= 11 is 0. The first kappa shape index (κ1) is 11.9. The van der Waals surface area contributed by atoms with E-state index in [1.165, 1.54) is 5.56 Å². The van der Waals surface area contributed by atoms with E-state index in [9.17, 15) is 0 Å². The van der Waals surface area contributed by atoms with Gasteiger partial charge in [0.05, 0.1) is 12.8 Å². The van der Waals surface area contributed by atoms with Gasteiger partial charge in [-0.05, 0) is 20.8 Å². The molecule has 0 spiro atoms. The van der Waals surface area contributed by atoms with Crippen LogP contribution in [-0.4, -0.2) is 30.4 Å². The highest BCUT2D eigenvalue weighted by atomic mass is 15.6. The van der Waals surface area contributed by atoms with Gasteiger partial charge in [-0.15, -0.1) is 0 Å². The van der Waals surface area contributed by atoms with Crippen LogP contribution in [0.1, 0.15) is 26.3 Å². The summed E-state index contributed by atoms with van der Waals surface area (Å²) < 4.78 is 0.751. The normalized spacial score (nSPS) is 12.9. The zero-order valence-electron chi connectivity index (χ0n) is 10.2. The highest BCUT2D eigenvalue weighted by Crippen LogP contribution is 2.07. The summed E-state index contributed by atoms with van der Waals surface area (Å²) in [6.07, 6.45) is 0. The van der Waals surface area contributed by atoms with Crippen LogP contribution in [0.2, 0.25) is 0 Å². The van der Waals surface area contributed by atoms with Crippen LogP contribution in [0.4, 0.5) is 0 Å². The first-order valence-corrected chi connectivity index (χ1v) is 5.58. The summed E-state index contributed by atoms with van der Waals surface area (Å²) in [6, 6.07) is 10.3. The van der Waals surface area contributed by atoms with Crippen LogP contribution in [0.15, 0.2) is 35.4 Å². The Kier molecular flexibility index (Phi) is 4.04. The molecular formula is C13H21N2+. The van der Waals surface area contributed by atoms with Crippen LogP contribution in [0.3, 0.4) is 0 Å². The third kappa shape index (κ3) is 3.17. The van der Waals surface area contributed by atoms with Gasteiger partial charge >= 0.3 is 0 Å². The molecule has 0 aliphatic heterocycles. The molecule has 0 atom stereocenters. The van der Waals surface area contributed by atoms with Crippen LogP contribution in [0, 0.1) is 0 Å². The smallest absolute Gasteiger partial charge is 0.100 e. The minimum atomic E-state index is 0.751. The van der Waals surface area contributed by atoms with Crippen molar-refractivity contribution in [3.8, 4) is 0 Å². The van der Waals surface area contributed by atoms with Crippen LogP contribution < -0.4 is 0 Å². The van der Waals surface area contributed by atoms with Crippen molar-refractivity contribution in [2.24, 2.45) is 5.10 Å². The molecule has 0 saturated carbocycles. The topological polar surface area (TPSA) is 12.4 Å². The molecule has 15 heavy (non-hydrogen) atoms. The molecule has 0 N–H and O–H groups in total. The van der Waals surface area contributed by atoms with Crippen molar-refractivity contribution in [1.29, 1.82) is 0 Å². The molecule has 1 rings (SSSR count). The van der Waals surface area contributed by atoms with Crippen molar-refractivity contribution in [2.45, 2.75) is 20.8 Å². The highest BCUT2D eigenvalue weighted by molar-refractivity contribution is 5.98. The largest absolute Gasteiger partial charge is 0.200 e. The van der Waals surface area contributed by atoms with E-state index in [0.717, 1.165) is 23.4 Å². The second-order valence-electron chi connectivity index (χ2n) is 4.02. The lowest BCUT2D eigenvalue weighted by Gasteiger charge is -2.25. The third-order valence-corrected chi connectivity index (χ3v) is 2.95. The predicted molar refractivity (Wildman–Crippen MR) is 65.9 cm³/mol. The Morgan fingerprint density at radius 3 is 2.13 bits per heavy atom. The Hall–Kier alpha value is -1.15. The first-order valence-electron chi connectivity index (χ1n) is 5.58. The zero-order valence-corrected chi connectivity index (χ0v) is 10.2. The van der Waals surface area contributed by atoms with Gasteiger partial charge in [-0.25, -0.2) is 4.59 Å². The van der Waals surface area contributed by atoms with Gasteiger partial charge in [0.25, 0.3) is 0 Å². The number of nitrogens with zero attached hydrogens (tertiary/aromatic N) is 2. The van der Waals surface area contributed by atoms with Crippen LogP contribution in [-0.2, 0) is 0 Å². The van der Waals surface area contributed by atoms with E-state index in [-0.39, 0.29) is 0 Å². The molecular weight excluding hydrogens is 184 g/mol. The highest BCUT2D eigenvalue weighted by Gasteiger charge is 2.16. The fourth-order valence-corrected chi connectivity index (χ4v) is 1.46. The summed E-state index contributed by atoms with van der Waals surface area (Å²) in [6.45, 7) is 8.48. The van der Waals surface area contributed by atoms with Gasteiger partial charge in [-0.1, -0.05) is 35.4 Å². The molecule has 2 nitrogen and oxygen atoms in total. The second kappa shape index (κ2) is 5.08. The summed E-state index contributed by atoms with van der Waals surface area (Å²) in [4.78, 5) is 0. The van der Waals surface area contributed by atoms with E-state index in [2.05, 4.69) is 52.1 Å². The lowest BCUT2D eigenvalue weighted by atomic mass is 10.1. The van der Waals surface area contributed by atoms with Crippen molar-refractivity contribution < 1.29 is 4.59 Å². The van der Waals surface area contributed by atoms with Gasteiger partial charge in [0, 0.05) is 5.56 Å². The molecule has 0 bridgehead atoms. The monoisotopic (exact) mass is 205 g/mol. The lowest BCUT2D eigenvalue weighted by Crippen LogP contribution is -2.38. The van der Waals surface area contributed by atoms with Crippen molar-refractivity contribution in [2.75, 3.05) is 20.1 Å². The van der Waals surface area contributed by atoms with Crippen molar-refractivity contribution in [3.05, 3.63) is 35.9 Å². The fraction of sp³-hybridized carbons (Fsp3) is 0.462. The van der Waals surface area contributed by atoms with E-state index in [0.29, 0.717) is 0 Å². The van der Waals surface area contributed by atoms with E-state index in [1.54, 1.807) is 0 Å². The number of hydrogen-bond acceptors (Lipinski definition) is 1. The van der Waals surface area contributed by atoms with Crippen LogP contribution in [0.5, 0.6) is 0 Å².